The highest BCUT2D eigenvalue weighted by Gasteiger charge is 2.48. The average molecular weight is 420 g/mol. The Hall–Kier alpha value is -2.63. The lowest BCUT2D eigenvalue weighted by Crippen LogP contribution is -2.39. The average Bonchev–Trinajstić information content (AvgIpc) is 3.21. The van der Waals surface area contributed by atoms with Gasteiger partial charge in [-0.2, -0.15) is 0 Å². The number of benzene rings is 2. The fourth-order valence-electron chi connectivity index (χ4n) is 5.13. The van der Waals surface area contributed by atoms with Gasteiger partial charge in [-0.1, -0.05) is 38.1 Å². The minimum absolute atomic E-state index is 0.0525. The molecule has 1 aromatic heterocycles. The van der Waals surface area contributed by atoms with E-state index >= 15 is 0 Å². The van der Waals surface area contributed by atoms with Crippen LogP contribution in [0.2, 0.25) is 0 Å². The number of carbonyl (C=O) groups excluding carboxylic acids is 1. The van der Waals surface area contributed by atoms with Gasteiger partial charge in [0.2, 0.25) is 0 Å². The van der Waals surface area contributed by atoms with Crippen LogP contribution in [0.4, 0.5) is 0 Å². The number of ether oxygens (including phenoxy) is 2. The maximum atomic E-state index is 13.5. The number of likely N-dealkylation sites (N-methyl/N-ethyl adjacent to an activating group) is 1. The number of nitrogens with zero attached hydrogens (tertiary/aromatic N) is 1. The van der Waals surface area contributed by atoms with E-state index in [2.05, 4.69) is 24.8 Å². The summed E-state index contributed by atoms with van der Waals surface area (Å²) in [6.07, 6.45) is 1.63. The Morgan fingerprint density at radius 2 is 1.84 bits per heavy atom. The molecular weight excluding hydrogens is 390 g/mol. The van der Waals surface area contributed by atoms with Crippen LogP contribution in [-0.2, 0) is 10.2 Å². The zero-order chi connectivity index (χ0) is 21.4. The van der Waals surface area contributed by atoms with E-state index in [1.807, 2.05) is 36.4 Å². The van der Waals surface area contributed by atoms with Crippen LogP contribution in [0.3, 0.4) is 0 Å². The van der Waals surface area contributed by atoms with Crippen molar-refractivity contribution in [1.29, 1.82) is 0 Å². The maximum Gasteiger partial charge on any atom is 0.197 e. The topological polar surface area (TPSA) is 51.9 Å². The van der Waals surface area contributed by atoms with Crippen LogP contribution in [0.25, 0.3) is 11.0 Å². The minimum atomic E-state index is -0.305. The number of ketones is 1. The molecule has 0 unspecified atom stereocenters. The van der Waals surface area contributed by atoms with E-state index in [-0.39, 0.29) is 11.2 Å². The van der Waals surface area contributed by atoms with Gasteiger partial charge in [-0.3, -0.25) is 4.79 Å². The molecule has 0 radical (unpaired) electrons. The summed E-state index contributed by atoms with van der Waals surface area (Å²) in [5.74, 6) is 1.63. The van der Waals surface area contributed by atoms with Gasteiger partial charge in [0.15, 0.2) is 5.78 Å². The first-order valence-corrected chi connectivity index (χ1v) is 11.3. The van der Waals surface area contributed by atoms with Crippen LogP contribution in [0.1, 0.15) is 53.9 Å². The number of furan rings is 1. The van der Waals surface area contributed by atoms with Crippen molar-refractivity contribution in [1.82, 2.24) is 4.90 Å². The zero-order valence-corrected chi connectivity index (χ0v) is 18.3. The lowest BCUT2D eigenvalue weighted by Gasteiger charge is -2.40. The molecule has 0 saturated carbocycles. The van der Waals surface area contributed by atoms with Gasteiger partial charge in [0.1, 0.15) is 23.7 Å². The summed E-state index contributed by atoms with van der Waals surface area (Å²) in [5, 5.41) is 0.872. The summed E-state index contributed by atoms with van der Waals surface area (Å²) < 4.78 is 18.1. The molecule has 3 aromatic rings. The SMILES string of the molecule is CCN(CC)CCOc1ccc2c3c(oc2c1)C1(CCOCC1)c1ccccc1C3=O. The third-order valence-electron chi connectivity index (χ3n) is 6.93. The highest BCUT2D eigenvalue weighted by atomic mass is 16.5. The van der Waals surface area contributed by atoms with Crippen molar-refractivity contribution in [3.8, 4) is 5.75 Å². The predicted octanol–water partition coefficient (Wildman–Crippen LogP) is 4.79. The summed E-state index contributed by atoms with van der Waals surface area (Å²) >= 11 is 0. The summed E-state index contributed by atoms with van der Waals surface area (Å²) in [7, 11) is 0. The second-order valence-corrected chi connectivity index (χ2v) is 8.41. The van der Waals surface area contributed by atoms with Crippen molar-refractivity contribution in [2.45, 2.75) is 32.1 Å². The van der Waals surface area contributed by atoms with Gasteiger partial charge in [-0.25, -0.2) is 0 Å². The molecule has 1 fully saturated rings. The summed E-state index contributed by atoms with van der Waals surface area (Å²) in [6.45, 7) is 9.18. The standard InChI is InChI=1S/C26H29NO4/c1-3-27(4-2)13-16-30-18-9-10-20-22(17-18)31-25-23(20)24(28)19-7-5-6-8-21(19)26(25)11-14-29-15-12-26/h5-10,17H,3-4,11-16H2,1-2H3. The van der Waals surface area contributed by atoms with Gasteiger partial charge in [-0.15, -0.1) is 0 Å². The molecule has 2 aliphatic rings. The molecule has 1 aliphatic carbocycles. The Morgan fingerprint density at radius 3 is 2.61 bits per heavy atom. The fourth-order valence-corrected chi connectivity index (χ4v) is 5.13. The second kappa shape index (κ2) is 8.13. The van der Waals surface area contributed by atoms with Gasteiger partial charge in [-0.05, 0) is 43.6 Å². The number of rotatable bonds is 6. The highest BCUT2D eigenvalue weighted by molar-refractivity contribution is 6.19. The summed E-state index contributed by atoms with van der Waals surface area (Å²) in [6, 6.07) is 13.8. The Kier molecular flexibility index (Phi) is 5.32. The van der Waals surface area contributed by atoms with Gasteiger partial charge in [0.25, 0.3) is 0 Å². The first-order valence-electron chi connectivity index (χ1n) is 11.3. The first kappa shape index (κ1) is 20.3. The Bertz CT molecular complexity index is 1110. The highest BCUT2D eigenvalue weighted by Crippen LogP contribution is 2.50. The molecule has 5 nitrogen and oxygen atoms in total. The van der Waals surface area contributed by atoms with E-state index in [0.717, 1.165) is 66.1 Å². The monoisotopic (exact) mass is 419 g/mol. The van der Waals surface area contributed by atoms with Gasteiger partial charge >= 0.3 is 0 Å². The number of carbonyl (C=O) groups is 1. The molecule has 1 saturated heterocycles. The van der Waals surface area contributed by atoms with E-state index in [1.54, 1.807) is 0 Å². The number of hydrogen-bond donors (Lipinski definition) is 0. The summed E-state index contributed by atoms with van der Waals surface area (Å²) in [5.41, 5.74) is 2.99. The molecule has 1 aliphatic heterocycles. The van der Waals surface area contributed by atoms with E-state index in [9.17, 15) is 4.79 Å². The molecule has 5 heteroatoms. The van der Waals surface area contributed by atoms with Crippen molar-refractivity contribution >= 4 is 16.8 Å². The Labute approximate surface area is 182 Å². The van der Waals surface area contributed by atoms with Gasteiger partial charge < -0.3 is 18.8 Å². The maximum absolute atomic E-state index is 13.5. The van der Waals surface area contributed by atoms with E-state index in [0.29, 0.717) is 25.4 Å². The van der Waals surface area contributed by atoms with Crippen LogP contribution < -0.4 is 4.74 Å². The molecule has 0 bridgehead atoms. The fraction of sp³-hybridized carbons (Fsp3) is 0.423. The van der Waals surface area contributed by atoms with E-state index in [4.69, 9.17) is 13.9 Å². The van der Waals surface area contributed by atoms with Gasteiger partial charge in [0, 0.05) is 36.8 Å². The Morgan fingerprint density at radius 1 is 1.06 bits per heavy atom. The zero-order valence-electron chi connectivity index (χ0n) is 18.3. The summed E-state index contributed by atoms with van der Waals surface area (Å²) in [4.78, 5) is 15.8. The van der Waals surface area contributed by atoms with Crippen molar-refractivity contribution in [3.63, 3.8) is 0 Å². The molecular formula is C26H29NO4. The van der Waals surface area contributed by atoms with E-state index < -0.39 is 0 Å². The third-order valence-corrected chi connectivity index (χ3v) is 6.93. The molecule has 2 heterocycles. The van der Waals surface area contributed by atoms with Gasteiger partial charge in [0.05, 0.1) is 11.0 Å². The molecule has 162 valence electrons. The van der Waals surface area contributed by atoms with Crippen LogP contribution in [0.15, 0.2) is 46.9 Å². The van der Waals surface area contributed by atoms with Crippen molar-refractivity contribution in [2.75, 3.05) is 39.5 Å². The third kappa shape index (κ3) is 3.27. The molecule has 1 spiro atoms. The van der Waals surface area contributed by atoms with Crippen LogP contribution in [0.5, 0.6) is 5.75 Å². The largest absolute Gasteiger partial charge is 0.492 e. The smallest absolute Gasteiger partial charge is 0.197 e. The predicted molar refractivity (Wildman–Crippen MR) is 120 cm³/mol. The number of fused-ring (bicyclic) bond motifs is 6. The second-order valence-electron chi connectivity index (χ2n) is 8.41. The van der Waals surface area contributed by atoms with Crippen molar-refractivity contribution in [2.24, 2.45) is 0 Å². The van der Waals surface area contributed by atoms with Crippen LogP contribution in [-0.4, -0.2) is 50.1 Å². The lowest BCUT2D eigenvalue weighted by molar-refractivity contribution is 0.0547. The molecule has 2 aromatic carbocycles. The van der Waals surface area contributed by atoms with E-state index in [1.165, 1.54) is 0 Å². The molecule has 0 N–H and O–H groups in total. The molecule has 31 heavy (non-hydrogen) atoms. The normalized spacial score (nSPS) is 17.2. The van der Waals surface area contributed by atoms with Crippen LogP contribution >= 0.6 is 0 Å². The van der Waals surface area contributed by atoms with Crippen LogP contribution in [0, 0.1) is 0 Å². The minimum Gasteiger partial charge on any atom is -0.492 e. The number of hydrogen-bond acceptors (Lipinski definition) is 5. The Balaban J connectivity index is 1.54. The lowest BCUT2D eigenvalue weighted by atomic mass is 9.65. The molecule has 5 rings (SSSR count). The molecule has 0 amide bonds. The molecule has 0 atom stereocenters. The first-order chi connectivity index (χ1) is 15.2. The van der Waals surface area contributed by atoms with Crippen molar-refractivity contribution in [3.05, 3.63) is 64.9 Å². The van der Waals surface area contributed by atoms with Crippen molar-refractivity contribution < 1.29 is 18.7 Å². The quantitative estimate of drug-likeness (QED) is 0.575.